The molecule has 0 aliphatic carbocycles. The van der Waals surface area contributed by atoms with Crippen LogP contribution in [0.1, 0.15) is 33.6 Å². The summed E-state index contributed by atoms with van der Waals surface area (Å²) in [6.07, 6.45) is 1.82. The highest BCUT2D eigenvalue weighted by Gasteiger charge is 2.26. The van der Waals surface area contributed by atoms with Gasteiger partial charge in [0.25, 0.3) is 0 Å². The minimum absolute atomic E-state index is 0.00611. The molecule has 0 spiro atoms. The molecule has 0 aliphatic rings. The lowest BCUT2D eigenvalue weighted by Gasteiger charge is -2.23. The van der Waals surface area contributed by atoms with Crippen LogP contribution >= 0.6 is 7.60 Å². The van der Waals surface area contributed by atoms with Crippen molar-refractivity contribution in [3.8, 4) is 0 Å². The summed E-state index contributed by atoms with van der Waals surface area (Å²) in [7, 11) is -3.82. The lowest BCUT2D eigenvalue weighted by Crippen LogP contribution is -2.16. The molecule has 0 radical (unpaired) electrons. The second-order valence-corrected chi connectivity index (χ2v) is 5.38. The quantitative estimate of drug-likeness (QED) is 0.650. The summed E-state index contributed by atoms with van der Waals surface area (Å²) in [5.41, 5.74) is -0.228. The van der Waals surface area contributed by atoms with Crippen LogP contribution in [0.2, 0.25) is 0 Å². The molecule has 0 aromatic rings. The average Bonchev–Trinajstić information content (AvgIpc) is 1.55. The van der Waals surface area contributed by atoms with Crippen molar-refractivity contribution in [1.29, 1.82) is 0 Å². The molecule has 0 aromatic carbocycles. The maximum atomic E-state index is 10.6. The first-order chi connectivity index (χ1) is 4.77. The molecule has 68 valence electrons. The topological polar surface area (TPSA) is 57.5 Å². The van der Waals surface area contributed by atoms with Crippen LogP contribution in [0.3, 0.4) is 0 Å². The third-order valence-corrected chi connectivity index (χ3v) is 2.83. The monoisotopic (exact) mass is 180 g/mol. The molecular formula is C7H17O3P. The molecule has 0 bridgehead atoms. The Kier molecular flexibility index (Phi) is 3.75. The van der Waals surface area contributed by atoms with Crippen molar-refractivity contribution in [2.45, 2.75) is 33.6 Å². The van der Waals surface area contributed by atoms with Crippen LogP contribution in [0.4, 0.5) is 0 Å². The largest absolute Gasteiger partial charge is 0.326 e. The molecule has 0 rings (SSSR count). The highest BCUT2D eigenvalue weighted by molar-refractivity contribution is 7.51. The van der Waals surface area contributed by atoms with Gasteiger partial charge in [0.15, 0.2) is 0 Å². The Morgan fingerprint density at radius 2 is 1.82 bits per heavy atom. The van der Waals surface area contributed by atoms with Gasteiger partial charge in [-0.1, -0.05) is 27.2 Å². The third kappa shape index (κ3) is 6.54. The van der Waals surface area contributed by atoms with Gasteiger partial charge in [0, 0.05) is 0 Å². The number of hydrogen-bond acceptors (Lipinski definition) is 1. The van der Waals surface area contributed by atoms with Gasteiger partial charge in [-0.3, -0.25) is 4.57 Å². The van der Waals surface area contributed by atoms with E-state index in [2.05, 4.69) is 0 Å². The van der Waals surface area contributed by atoms with Gasteiger partial charge >= 0.3 is 7.60 Å². The van der Waals surface area contributed by atoms with Gasteiger partial charge in [-0.25, -0.2) is 0 Å². The Morgan fingerprint density at radius 1 is 1.36 bits per heavy atom. The highest BCUT2D eigenvalue weighted by atomic mass is 31.2. The van der Waals surface area contributed by atoms with Crippen LogP contribution in [-0.2, 0) is 4.57 Å². The zero-order valence-electron chi connectivity index (χ0n) is 7.37. The number of rotatable bonds is 4. The minimum Gasteiger partial charge on any atom is -0.324 e. The van der Waals surface area contributed by atoms with Crippen LogP contribution in [0, 0.1) is 5.41 Å². The minimum atomic E-state index is -3.82. The van der Waals surface area contributed by atoms with E-state index in [1.165, 1.54) is 0 Å². The third-order valence-electron chi connectivity index (χ3n) is 1.56. The molecule has 0 aliphatic heterocycles. The summed E-state index contributed by atoms with van der Waals surface area (Å²) in [6.45, 7) is 5.78. The maximum absolute atomic E-state index is 10.6. The van der Waals surface area contributed by atoms with E-state index in [4.69, 9.17) is 9.79 Å². The fraction of sp³-hybridized carbons (Fsp3) is 1.00. The first-order valence-electron chi connectivity index (χ1n) is 3.81. The summed E-state index contributed by atoms with van der Waals surface area (Å²) in [6, 6.07) is 0. The van der Waals surface area contributed by atoms with Crippen molar-refractivity contribution in [3.05, 3.63) is 0 Å². The van der Waals surface area contributed by atoms with E-state index >= 15 is 0 Å². The molecular weight excluding hydrogens is 163 g/mol. The molecule has 0 aromatic heterocycles. The summed E-state index contributed by atoms with van der Waals surface area (Å²) >= 11 is 0. The van der Waals surface area contributed by atoms with Gasteiger partial charge in [0.2, 0.25) is 0 Å². The molecule has 2 N–H and O–H groups in total. The van der Waals surface area contributed by atoms with E-state index < -0.39 is 7.60 Å². The lowest BCUT2D eigenvalue weighted by atomic mass is 9.91. The summed E-state index contributed by atoms with van der Waals surface area (Å²) < 4.78 is 10.6. The summed E-state index contributed by atoms with van der Waals surface area (Å²) in [5.74, 6) is 0. The molecule has 11 heavy (non-hydrogen) atoms. The SMILES string of the molecule is CCCC(C)(C)CP(=O)(O)O. The van der Waals surface area contributed by atoms with Gasteiger partial charge in [-0.15, -0.1) is 0 Å². The molecule has 0 atom stereocenters. The van der Waals surface area contributed by atoms with Crippen molar-refractivity contribution in [2.24, 2.45) is 5.41 Å². The predicted molar refractivity (Wildman–Crippen MR) is 45.6 cm³/mol. The van der Waals surface area contributed by atoms with Gasteiger partial charge < -0.3 is 9.79 Å². The molecule has 0 amide bonds. The molecule has 0 unspecified atom stereocenters. The standard InChI is InChI=1S/C7H17O3P/c1-4-5-7(2,3)6-11(8,9)10/h4-6H2,1-3H3,(H2,8,9,10). The van der Waals surface area contributed by atoms with Crippen LogP contribution in [0.15, 0.2) is 0 Å². The molecule has 4 heteroatoms. The number of hydrogen-bond donors (Lipinski definition) is 2. The van der Waals surface area contributed by atoms with E-state index in [1.54, 1.807) is 0 Å². The second-order valence-electron chi connectivity index (χ2n) is 3.74. The van der Waals surface area contributed by atoms with Crippen molar-refractivity contribution in [2.75, 3.05) is 6.16 Å². The Labute approximate surface area is 68.0 Å². The first-order valence-corrected chi connectivity index (χ1v) is 5.61. The maximum Gasteiger partial charge on any atom is 0.326 e. The Bertz CT molecular complexity index is 159. The molecule has 0 saturated heterocycles. The van der Waals surface area contributed by atoms with E-state index in [1.807, 2.05) is 20.8 Å². The van der Waals surface area contributed by atoms with E-state index in [0.717, 1.165) is 12.8 Å². The second kappa shape index (κ2) is 3.70. The van der Waals surface area contributed by atoms with Gasteiger partial charge in [0.1, 0.15) is 0 Å². The van der Waals surface area contributed by atoms with E-state index in [9.17, 15) is 4.57 Å². The van der Waals surface area contributed by atoms with Gasteiger partial charge in [-0.2, -0.15) is 0 Å². The average molecular weight is 180 g/mol. The molecule has 0 saturated carbocycles. The highest BCUT2D eigenvalue weighted by Crippen LogP contribution is 2.43. The fourth-order valence-electron chi connectivity index (χ4n) is 1.31. The van der Waals surface area contributed by atoms with E-state index in [0.29, 0.717) is 0 Å². The zero-order chi connectivity index (χ0) is 9.12. The van der Waals surface area contributed by atoms with Crippen LogP contribution in [0.5, 0.6) is 0 Å². The Hall–Kier alpha value is 0.150. The lowest BCUT2D eigenvalue weighted by molar-refractivity contribution is 0.315. The van der Waals surface area contributed by atoms with E-state index in [-0.39, 0.29) is 11.6 Å². The summed E-state index contributed by atoms with van der Waals surface area (Å²) in [5, 5.41) is 0. The van der Waals surface area contributed by atoms with Crippen LogP contribution < -0.4 is 0 Å². The van der Waals surface area contributed by atoms with Gasteiger partial charge in [-0.05, 0) is 11.8 Å². The molecule has 0 heterocycles. The van der Waals surface area contributed by atoms with Crippen LogP contribution in [0.25, 0.3) is 0 Å². The van der Waals surface area contributed by atoms with Crippen molar-refractivity contribution < 1.29 is 14.4 Å². The Balaban J connectivity index is 4.02. The van der Waals surface area contributed by atoms with Crippen molar-refractivity contribution in [1.82, 2.24) is 0 Å². The van der Waals surface area contributed by atoms with Crippen molar-refractivity contribution in [3.63, 3.8) is 0 Å². The smallest absolute Gasteiger partial charge is 0.324 e. The Morgan fingerprint density at radius 3 is 2.09 bits per heavy atom. The molecule has 0 fully saturated rings. The first kappa shape index (κ1) is 11.2. The zero-order valence-corrected chi connectivity index (χ0v) is 8.27. The van der Waals surface area contributed by atoms with Crippen LogP contribution in [-0.4, -0.2) is 15.9 Å². The normalized spacial score (nSPS) is 13.5. The molecule has 3 nitrogen and oxygen atoms in total. The summed E-state index contributed by atoms with van der Waals surface area (Å²) in [4.78, 5) is 17.4. The van der Waals surface area contributed by atoms with Gasteiger partial charge in [0.05, 0.1) is 6.16 Å². The fourth-order valence-corrected chi connectivity index (χ4v) is 2.59. The van der Waals surface area contributed by atoms with Crippen molar-refractivity contribution >= 4 is 7.60 Å². The predicted octanol–water partition coefficient (Wildman–Crippen LogP) is 1.99.